The summed E-state index contributed by atoms with van der Waals surface area (Å²) >= 11 is 6.10. The molecule has 1 aliphatic heterocycles. The molecular formula is C28H26ClN3O2. The largest absolute Gasteiger partial charge is 0.445 e. The lowest BCUT2D eigenvalue weighted by molar-refractivity contribution is 0.0697. The predicted octanol–water partition coefficient (Wildman–Crippen LogP) is 5.92. The molecule has 1 aliphatic rings. The van der Waals surface area contributed by atoms with E-state index in [0.717, 1.165) is 36.4 Å². The maximum Gasteiger partial charge on any atom is 0.253 e. The summed E-state index contributed by atoms with van der Waals surface area (Å²) in [6.07, 6.45) is 6.74. The van der Waals surface area contributed by atoms with Crippen molar-refractivity contribution in [3.05, 3.63) is 118 Å². The van der Waals surface area contributed by atoms with Crippen molar-refractivity contribution in [2.45, 2.75) is 31.6 Å². The van der Waals surface area contributed by atoms with Crippen LogP contribution in [0.25, 0.3) is 0 Å². The van der Waals surface area contributed by atoms with Crippen molar-refractivity contribution < 1.29 is 9.21 Å². The molecule has 3 heterocycles. The first-order valence-electron chi connectivity index (χ1n) is 11.6. The first-order chi connectivity index (χ1) is 16.6. The zero-order chi connectivity index (χ0) is 23.3. The van der Waals surface area contributed by atoms with E-state index in [4.69, 9.17) is 16.0 Å². The van der Waals surface area contributed by atoms with Crippen LogP contribution in [0.1, 0.15) is 57.6 Å². The summed E-state index contributed by atoms with van der Waals surface area (Å²) < 4.78 is 6.08. The number of amides is 1. The molecule has 5 rings (SSSR count). The van der Waals surface area contributed by atoms with Gasteiger partial charge in [0, 0.05) is 48.4 Å². The Morgan fingerprint density at radius 3 is 2.71 bits per heavy atom. The second kappa shape index (κ2) is 10.2. The number of carbonyl (C=O) groups excluding carboxylic acids is 1. The number of hydrogen-bond acceptors (Lipinski definition) is 4. The Morgan fingerprint density at radius 2 is 1.85 bits per heavy atom. The van der Waals surface area contributed by atoms with Gasteiger partial charge in [-0.25, -0.2) is 4.98 Å². The van der Waals surface area contributed by atoms with Gasteiger partial charge in [-0.2, -0.15) is 0 Å². The third kappa shape index (κ3) is 5.37. The van der Waals surface area contributed by atoms with Crippen molar-refractivity contribution >= 4 is 17.5 Å². The number of aromatic nitrogens is 2. The first-order valence-corrected chi connectivity index (χ1v) is 12.0. The SMILES string of the molecule is O=C(c1ccnc(Cc2ccccc2)c1)N1CCC[C@@H](c2ncc(Cc3cccc(Cl)c3)o2)C1. The second-order valence-electron chi connectivity index (χ2n) is 8.76. The number of pyridine rings is 1. The number of benzene rings is 2. The lowest BCUT2D eigenvalue weighted by Gasteiger charge is -2.31. The highest BCUT2D eigenvalue weighted by Crippen LogP contribution is 2.28. The summed E-state index contributed by atoms with van der Waals surface area (Å²) in [6.45, 7) is 1.34. The molecule has 4 aromatic rings. The van der Waals surface area contributed by atoms with E-state index in [0.29, 0.717) is 35.9 Å². The smallest absolute Gasteiger partial charge is 0.253 e. The molecule has 1 saturated heterocycles. The lowest BCUT2D eigenvalue weighted by atomic mass is 9.97. The summed E-state index contributed by atoms with van der Waals surface area (Å²) in [5, 5.41) is 0.710. The minimum atomic E-state index is 0.0344. The van der Waals surface area contributed by atoms with Crippen LogP contribution >= 0.6 is 11.6 Å². The van der Waals surface area contributed by atoms with E-state index in [2.05, 4.69) is 22.1 Å². The van der Waals surface area contributed by atoms with Gasteiger partial charge in [0.05, 0.1) is 12.1 Å². The molecule has 172 valence electrons. The third-order valence-corrected chi connectivity index (χ3v) is 6.42. The zero-order valence-electron chi connectivity index (χ0n) is 18.9. The van der Waals surface area contributed by atoms with E-state index < -0.39 is 0 Å². The Kier molecular flexibility index (Phi) is 6.72. The Labute approximate surface area is 204 Å². The van der Waals surface area contributed by atoms with Gasteiger partial charge in [0.2, 0.25) is 0 Å². The molecule has 0 bridgehead atoms. The van der Waals surface area contributed by atoms with Crippen LogP contribution < -0.4 is 0 Å². The van der Waals surface area contributed by atoms with Crippen molar-refractivity contribution in [2.75, 3.05) is 13.1 Å². The van der Waals surface area contributed by atoms with Gasteiger partial charge in [-0.3, -0.25) is 9.78 Å². The summed E-state index contributed by atoms with van der Waals surface area (Å²) in [5.74, 6) is 1.64. The van der Waals surface area contributed by atoms with E-state index in [1.807, 2.05) is 53.4 Å². The molecule has 2 aromatic carbocycles. The summed E-state index contributed by atoms with van der Waals surface area (Å²) in [6, 6.07) is 21.6. The Bertz CT molecular complexity index is 1270. The average molecular weight is 472 g/mol. The Hall–Kier alpha value is -3.44. The van der Waals surface area contributed by atoms with Crippen LogP contribution in [0.15, 0.2) is 83.5 Å². The molecule has 1 amide bonds. The predicted molar refractivity (Wildman–Crippen MR) is 132 cm³/mol. The summed E-state index contributed by atoms with van der Waals surface area (Å²) in [4.78, 5) is 24.2. The van der Waals surface area contributed by atoms with Crippen molar-refractivity contribution in [3.63, 3.8) is 0 Å². The van der Waals surface area contributed by atoms with Crippen LogP contribution in [0.5, 0.6) is 0 Å². The molecule has 5 nitrogen and oxygen atoms in total. The number of hydrogen-bond donors (Lipinski definition) is 0. The maximum atomic E-state index is 13.3. The van der Waals surface area contributed by atoms with Gasteiger partial charge in [-0.1, -0.05) is 54.1 Å². The Balaban J connectivity index is 1.25. The van der Waals surface area contributed by atoms with Crippen LogP contribution in [0.2, 0.25) is 5.02 Å². The number of piperidine rings is 1. The Morgan fingerprint density at radius 1 is 1.00 bits per heavy atom. The molecular weight excluding hydrogens is 446 g/mol. The van der Waals surface area contributed by atoms with E-state index >= 15 is 0 Å². The third-order valence-electron chi connectivity index (χ3n) is 6.19. The molecule has 6 heteroatoms. The molecule has 0 unspecified atom stereocenters. The van der Waals surface area contributed by atoms with Crippen LogP contribution in [-0.2, 0) is 12.8 Å². The van der Waals surface area contributed by atoms with Gasteiger partial charge in [-0.15, -0.1) is 0 Å². The van der Waals surface area contributed by atoms with Gasteiger partial charge in [0.25, 0.3) is 5.91 Å². The van der Waals surface area contributed by atoms with Crippen molar-refractivity contribution in [3.8, 4) is 0 Å². The number of nitrogens with zero attached hydrogens (tertiary/aromatic N) is 3. The van der Waals surface area contributed by atoms with Gasteiger partial charge in [-0.05, 0) is 48.2 Å². The maximum absolute atomic E-state index is 13.3. The highest BCUT2D eigenvalue weighted by Gasteiger charge is 2.28. The average Bonchev–Trinajstić information content (AvgIpc) is 3.33. The van der Waals surface area contributed by atoms with Gasteiger partial charge in [0.1, 0.15) is 5.76 Å². The van der Waals surface area contributed by atoms with Crippen molar-refractivity contribution in [1.29, 1.82) is 0 Å². The van der Waals surface area contributed by atoms with E-state index in [1.54, 1.807) is 18.5 Å². The van der Waals surface area contributed by atoms with Crippen LogP contribution in [0.4, 0.5) is 0 Å². The normalized spacial score (nSPS) is 15.9. The van der Waals surface area contributed by atoms with Crippen molar-refractivity contribution in [1.82, 2.24) is 14.9 Å². The van der Waals surface area contributed by atoms with E-state index in [1.165, 1.54) is 5.56 Å². The fourth-order valence-corrected chi connectivity index (χ4v) is 4.71. The monoisotopic (exact) mass is 471 g/mol. The molecule has 0 N–H and O–H groups in total. The van der Waals surface area contributed by atoms with Gasteiger partial charge >= 0.3 is 0 Å². The molecule has 1 atom stereocenters. The van der Waals surface area contributed by atoms with Gasteiger partial charge in [0.15, 0.2) is 5.89 Å². The number of oxazole rings is 1. The second-order valence-corrected chi connectivity index (χ2v) is 9.20. The lowest BCUT2D eigenvalue weighted by Crippen LogP contribution is -2.39. The fraction of sp³-hybridized carbons (Fsp3) is 0.250. The standard InChI is InChI=1S/C28H26ClN3O2/c29-24-10-4-8-21(14-24)16-26-18-31-27(34-26)23-9-5-13-32(19-23)28(33)22-11-12-30-25(17-22)15-20-6-2-1-3-7-20/h1-4,6-8,10-12,14,17-18,23H,5,9,13,15-16,19H2/t23-/m1/s1. The fourth-order valence-electron chi connectivity index (χ4n) is 4.50. The van der Waals surface area contributed by atoms with Crippen molar-refractivity contribution in [2.24, 2.45) is 0 Å². The minimum absolute atomic E-state index is 0.0344. The van der Waals surface area contributed by atoms with Crippen LogP contribution in [-0.4, -0.2) is 33.9 Å². The molecule has 2 aromatic heterocycles. The highest BCUT2D eigenvalue weighted by molar-refractivity contribution is 6.30. The quantitative estimate of drug-likeness (QED) is 0.350. The molecule has 0 saturated carbocycles. The minimum Gasteiger partial charge on any atom is -0.445 e. The molecule has 0 radical (unpaired) electrons. The highest BCUT2D eigenvalue weighted by atomic mass is 35.5. The summed E-state index contributed by atoms with van der Waals surface area (Å²) in [5.41, 5.74) is 3.83. The number of rotatable bonds is 6. The molecule has 0 aliphatic carbocycles. The van der Waals surface area contributed by atoms with E-state index in [-0.39, 0.29) is 11.8 Å². The number of carbonyl (C=O) groups is 1. The topological polar surface area (TPSA) is 59.2 Å². The van der Waals surface area contributed by atoms with Gasteiger partial charge < -0.3 is 9.32 Å². The first kappa shape index (κ1) is 22.4. The van der Waals surface area contributed by atoms with E-state index in [9.17, 15) is 4.79 Å². The molecule has 1 fully saturated rings. The zero-order valence-corrected chi connectivity index (χ0v) is 19.6. The molecule has 34 heavy (non-hydrogen) atoms. The number of likely N-dealkylation sites (tertiary alicyclic amines) is 1. The van der Waals surface area contributed by atoms with Crippen LogP contribution in [0.3, 0.4) is 0 Å². The molecule has 0 spiro atoms. The summed E-state index contributed by atoms with van der Waals surface area (Å²) in [7, 11) is 0. The van der Waals surface area contributed by atoms with Crippen LogP contribution in [0, 0.1) is 0 Å². The number of halogens is 1.